The number of anilines is 1. The lowest BCUT2D eigenvalue weighted by Gasteiger charge is -2.15. The number of nitrogens with one attached hydrogen (secondary N) is 1. The number of benzene rings is 1. The van der Waals surface area contributed by atoms with Gasteiger partial charge in [-0.2, -0.15) is 14.8 Å². The van der Waals surface area contributed by atoms with Gasteiger partial charge in [0.1, 0.15) is 11.6 Å². The third-order valence-corrected chi connectivity index (χ3v) is 4.89. The van der Waals surface area contributed by atoms with Crippen molar-refractivity contribution >= 4 is 29.3 Å². The highest BCUT2D eigenvalue weighted by Crippen LogP contribution is 2.27. The molecule has 1 unspecified atom stereocenters. The van der Waals surface area contributed by atoms with Gasteiger partial charge in [-0.05, 0) is 43.9 Å². The van der Waals surface area contributed by atoms with Crippen LogP contribution in [0.1, 0.15) is 30.5 Å². The number of aliphatic imine (C=N–C) groups is 2. The largest absolute Gasteiger partial charge is 0.497 e. The van der Waals surface area contributed by atoms with Crippen molar-refractivity contribution in [2.75, 3.05) is 12.4 Å². The molecule has 1 fully saturated rings. The summed E-state index contributed by atoms with van der Waals surface area (Å²) in [7, 11) is 1.60. The summed E-state index contributed by atoms with van der Waals surface area (Å²) < 4.78 is 6.56. The molecule has 1 aromatic carbocycles. The van der Waals surface area contributed by atoms with Gasteiger partial charge in [0, 0.05) is 11.8 Å². The molecule has 8 nitrogen and oxygen atoms in total. The van der Waals surface area contributed by atoms with Crippen molar-refractivity contribution in [3.63, 3.8) is 0 Å². The van der Waals surface area contributed by atoms with E-state index in [1.807, 2.05) is 31.2 Å². The number of ether oxygens (including phenoxy) is 1. The Morgan fingerprint density at radius 3 is 2.82 bits per heavy atom. The van der Waals surface area contributed by atoms with Gasteiger partial charge in [-0.15, -0.1) is 0 Å². The summed E-state index contributed by atoms with van der Waals surface area (Å²) in [6.45, 7) is 1.81. The van der Waals surface area contributed by atoms with Crippen LogP contribution in [0.25, 0.3) is 0 Å². The quantitative estimate of drug-likeness (QED) is 0.882. The second kappa shape index (κ2) is 7.38. The molecule has 2 aromatic rings. The molecule has 0 saturated heterocycles. The third-order valence-electron chi connectivity index (χ3n) is 4.89. The van der Waals surface area contributed by atoms with Gasteiger partial charge in [-0.25, -0.2) is 4.99 Å². The summed E-state index contributed by atoms with van der Waals surface area (Å²) in [5.74, 6) is 0.839. The summed E-state index contributed by atoms with van der Waals surface area (Å²) in [5.41, 5.74) is 2.42. The fourth-order valence-corrected chi connectivity index (χ4v) is 3.51. The molecule has 1 atom stereocenters. The summed E-state index contributed by atoms with van der Waals surface area (Å²) >= 11 is 0. The number of amides is 2. The average Bonchev–Trinajstić information content (AvgIpc) is 3.29. The smallest absolute Gasteiger partial charge is 0.257 e. The van der Waals surface area contributed by atoms with Crippen LogP contribution >= 0.6 is 0 Å². The van der Waals surface area contributed by atoms with E-state index >= 15 is 0 Å². The second-order valence-electron chi connectivity index (χ2n) is 6.95. The highest BCUT2D eigenvalue weighted by Gasteiger charge is 2.33. The number of aromatic nitrogens is 2. The van der Waals surface area contributed by atoms with Gasteiger partial charge < -0.3 is 10.1 Å². The summed E-state index contributed by atoms with van der Waals surface area (Å²) in [6.07, 6.45) is 2.75. The first kappa shape index (κ1) is 18.1. The van der Waals surface area contributed by atoms with Gasteiger partial charge in [0.25, 0.3) is 11.9 Å². The maximum absolute atomic E-state index is 12.5. The Morgan fingerprint density at radius 1 is 1.29 bits per heavy atom. The van der Waals surface area contributed by atoms with Gasteiger partial charge in [0.15, 0.2) is 0 Å². The molecule has 1 N–H and O–H groups in total. The molecule has 2 aliphatic rings. The van der Waals surface area contributed by atoms with Crippen molar-refractivity contribution in [3.05, 3.63) is 41.6 Å². The molecule has 2 amide bonds. The molecule has 144 valence electrons. The van der Waals surface area contributed by atoms with Crippen LogP contribution in [0.2, 0.25) is 0 Å². The lowest BCUT2D eigenvalue weighted by Crippen LogP contribution is -2.29. The number of aryl methyl sites for hydroxylation is 1. The van der Waals surface area contributed by atoms with Crippen LogP contribution in [-0.4, -0.2) is 40.4 Å². The number of fused-ring (bicyclic) bond motifs is 1. The Morgan fingerprint density at radius 2 is 2.07 bits per heavy atom. The number of hydrogen-bond donors (Lipinski definition) is 1. The zero-order valence-corrected chi connectivity index (χ0v) is 15.8. The number of carbonyl (C=O) groups excluding carboxylic acids is 2. The first-order chi connectivity index (χ1) is 13.5. The minimum Gasteiger partial charge on any atom is -0.497 e. The number of carbonyl (C=O) groups is 2. The Kier molecular flexibility index (Phi) is 4.77. The minimum absolute atomic E-state index is 0.179. The van der Waals surface area contributed by atoms with E-state index in [0.29, 0.717) is 11.5 Å². The summed E-state index contributed by atoms with van der Waals surface area (Å²) in [4.78, 5) is 33.4. The van der Waals surface area contributed by atoms with Crippen molar-refractivity contribution in [2.24, 2.45) is 15.9 Å². The molecule has 1 aliphatic heterocycles. The molecule has 0 radical (unpaired) electrons. The van der Waals surface area contributed by atoms with Gasteiger partial charge in [-0.3, -0.25) is 9.59 Å². The number of nitrogens with zero attached hydrogens (tertiary/aromatic N) is 4. The molecule has 28 heavy (non-hydrogen) atoms. The van der Waals surface area contributed by atoms with E-state index in [1.54, 1.807) is 13.2 Å². The molecule has 4 rings (SSSR count). The Hall–Kier alpha value is -3.29. The average molecular weight is 379 g/mol. The van der Waals surface area contributed by atoms with Crippen molar-refractivity contribution in [3.8, 4) is 5.75 Å². The van der Waals surface area contributed by atoms with Gasteiger partial charge in [0.2, 0.25) is 5.91 Å². The minimum atomic E-state index is -0.194. The predicted octanol–water partition coefficient (Wildman–Crippen LogP) is 2.37. The maximum atomic E-state index is 12.5. The van der Waals surface area contributed by atoms with E-state index in [2.05, 4.69) is 20.4 Å². The van der Waals surface area contributed by atoms with Crippen molar-refractivity contribution < 1.29 is 14.3 Å². The normalized spacial score (nSPS) is 18.4. The molecular weight excluding hydrogens is 358 g/mol. The topological polar surface area (TPSA) is 97.9 Å². The van der Waals surface area contributed by atoms with Crippen LogP contribution in [0.5, 0.6) is 5.75 Å². The highest BCUT2D eigenvalue weighted by molar-refractivity contribution is 6.17. The standard InChI is InChI=1S/C20H21N5O3/c1-12-10-17(22-18(26)11-13-6-8-14(28-2)9-7-13)25(24-12)20-21-16-5-3-4-15(16)19(27)23-20/h6-10,15H,3-5,11H2,1-2H3,(H,22,26). The van der Waals surface area contributed by atoms with Crippen LogP contribution < -0.4 is 10.1 Å². The highest BCUT2D eigenvalue weighted by atomic mass is 16.5. The van der Waals surface area contributed by atoms with Crippen molar-refractivity contribution in [1.29, 1.82) is 0 Å². The fourth-order valence-electron chi connectivity index (χ4n) is 3.51. The van der Waals surface area contributed by atoms with E-state index < -0.39 is 0 Å². The van der Waals surface area contributed by atoms with Crippen LogP contribution in [0.3, 0.4) is 0 Å². The first-order valence-corrected chi connectivity index (χ1v) is 9.23. The monoisotopic (exact) mass is 379 g/mol. The third kappa shape index (κ3) is 3.58. The van der Waals surface area contributed by atoms with E-state index in [4.69, 9.17) is 4.74 Å². The zero-order valence-electron chi connectivity index (χ0n) is 15.8. The summed E-state index contributed by atoms with van der Waals surface area (Å²) in [6, 6.07) is 9.05. The van der Waals surface area contributed by atoms with E-state index in [-0.39, 0.29) is 30.1 Å². The Bertz CT molecular complexity index is 988. The maximum Gasteiger partial charge on any atom is 0.257 e. The number of hydrogen-bond acceptors (Lipinski definition) is 5. The molecule has 1 aromatic heterocycles. The number of rotatable bonds is 4. The first-order valence-electron chi connectivity index (χ1n) is 9.23. The molecule has 1 saturated carbocycles. The van der Waals surface area contributed by atoms with Gasteiger partial charge in [0.05, 0.1) is 25.1 Å². The molecule has 8 heteroatoms. The van der Waals surface area contributed by atoms with Gasteiger partial charge in [-0.1, -0.05) is 12.1 Å². The van der Waals surface area contributed by atoms with Crippen LogP contribution in [-0.2, 0) is 16.0 Å². The van der Waals surface area contributed by atoms with Crippen molar-refractivity contribution in [1.82, 2.24) is 9.78 Å². The Balaban J connectivity index is 1.53. The van der Waals surface area contributed by atoms with Crippen molar-refractivity contribution in [2.45, 2.75) is 32.6 Å². The molecular formula is C20H21N5O3. The van der Waals surface area contributed by atoms with E-state index in [1.165, 1.54) is 4.68 Å². The van der Waals surface area contributed by atoms with E-state index in [9.17, 15) is 9.59 Å². The Labute approximate surface area is 162 Å². The fraction of sp³-hybridized carbons (Fsp3) is 0.350. The molecule has 2 heterocycles. The van der Waals surface area contributed by atoms with Gasteiger partial charge >= 0.3 is 0 Å². The molecule has 0 bridgehead atoms. The van der Waals surface area contributed by atoms with Crippen LogP contribution in [0.15, 0.2) is 40.3 Å². The second-order valence-corrected chi connectivity index (χ2v) is 6.95. The summed E-state index contributed by atoms with van der Waals surface area (Å²) in [5, 5.41) is 7.21. The molecule has 1 aliphatic carbocycles. The SMILES string of the molecule is COc1ccc(CC(=O)Nc2cc(C)nn2C2=NC(=O)C3CCCC3=N2)cc1. The molecule has 0 spiro atoms. The predicted molar refractivity (Wildman–Crippen MR) is 105 cm³/mol. The zero-order chi connectivity index (χ0) is 19.7. The van der Waals surface area contributed by atoms with Crippen LogP contribution in [0, 0.1) is 12.8 Å². The van der Waals surface area contributed by atoms with Crippen LogP contribution in [0.4, 0.5) is 5.82 Å². The lowest BCUT2D eigenvalue weighted by atomic mass is 10.1. The number of methoxy groups -OCH3 is 1. The lowest BCUT2D eigenvalue weighted by molar-refractivity contribution is -0.119. The van der Waals surface area contributed by atoms with E-state index in [0.717, 1.165) is 36.3 Å².